The zero-order valence-electron chi connectivity index (χ0n) is 13.2. The third kappa shape index (κ3) is 2.11. The summed E-state index contributed by atoms with van der Waals surface area (Å²) < 4.78 is 9.92. The molecule has 120 valence electrons. The van der Waals surface area contributed by atoms with Gasteiger partial charge in [-0.2, -0.15) is 0 Å². The van der Waals surface area contributed by atoms with E-state index in [0.717, 1.165) is 11.8 Å². The zero-order valence-corrected chi connectivity index (χ0v) is 14.0. The summed E-state index contributed by atoms with van der Waals surface area (Å²) in [5.41, 5.74) is 0.550. The SMILES string of the molecule is COC1(CNC(=O)c2snnc2C)C2CC3CC(C2)CC1C3. The number of aromatic nitrogens is 2. The molecule has 22 heavy (non-hydrogen) atoms. The molecule has 6 heteroatoms. The number of rotatable bonds is 4. The van der Waals surface area contributed by atoms with Crippen LogP contribution in [0.5, 0.6) is 0 Å². The fourth-order valence-electron chi connectivity index (χ4n) is 5.41. The van der Waals surface area contributed by atoms with Crippen LogP contribution >= 0.6 is 11.5 Å². The quantitative estimate of drug-likeness (QED) is 0.925. The normalized spacial score (nSPS) is 39.2. The number of carbonyl (C=O) groups is 1. The maximum absolute atomic E-state index is 12.4. The van der Waals surface area contributed by atoms with Crippen LogP contribution in [0.2, 0.25) is 0 Å². The molecule has 1 aromatic heterocycles. The molecule has 4 bridgehead atoms. The molecule has 4 aliphatic rings. The summed E-state index contributed by atoms with van der Waals surface area (Å²) in [6.07, 6.45) is 6.52. The second-order valence-electron chi connectivity index (χ2n) is 7.33. The summed E-state index contributed by atoms with van der Waals surface area (Å²) in [6, 6.07) is 0. The van der Waals surface area contributed by atoms with Crippen LogP contribution in [0.4, 0.5) is 0 Å². The predicted octanol–water partition coefficient (Wildman–Crippen LogP) is 2.42. The second kappa shape index (κ2) is 5.27. The van der Waals surface area contributed by atoms with Crippen LogP contribution in [0.15, 0.2) is 0 Å². The van der Waals surface area contributed by atoms with Crippen molar-refractivity contribution in [3.8, 4) is 0 Å². The lowest BCUT2D eigenvalue weighted by molar-refractivity contribution is -0.186. The molecular formula is C16H23N3O2S. The molecule has 0 saturated heterocycles. The number of nitrogens with zero attached hydrogens (tertiary/aromatic N) is 2. The first-order chi connectivity index (χ1) is 10.6. The minimum Gasteiger partial charge on any atom is -0.376 e. The van der Waals surface area contributed by atoms with E-state index in [-0.39, 0.29) is 11.5 Å². The maximum Gasteiger partial charge on any atom is 0.265 e. The largest absolute Gasteiger partial charge is 0.376 e. The van der Waals surface area contributed by atoms with Gasteiger partial charge < -0.3 is 10.1 Å². The van der Waals surface area contributed by atoms with Crippen LogP contribution in [-0.4, -0.2) is 34.7 Å². The lowest BCUT2D eigenvalue weighted by Gasteiger charge is -2.60. The standard InChI is InChI=1S/C16H23N3O2S/c1-9-14(22-19-18-9)15(20)17-8-16(21-2)12-4-10-3-11(6-12)7-13(16)5-10/h10-13H,3-8H2,1-2H3,(H,17,20). The summed E-state index contributed by atoms with van der Waals surface area (Å²) in [6.45, 7) is 2.45. The van der Waals surface area contributed by atoms with Gasteiger partial charge in [0, 0.05) is 13.7 Å². The van der Waals surface area contributed by atoms with Crippen molar-refractivity contribution in [2.75, 3.05) is 13.7 Å². The van der Waals surface area contributed by atoms with Gasteiger partial charge in [-0.15, -0.1) is 5.10 Å². The van der Waals surface area contributed by atoms with Crippen molar-refractivity contribution in [3.05, 3.63) is 10.6 Å². The molecular weight excluding hydrogens is 298 g/mol. The Hall–Kier alpha value is -1.01. The van der Waals surface area contributed by atoms with Gasteiger partial charge in [-0.25, -0.2) is 0 Å². The Morgan fingerprint density at radius 3 is 2.41 bits per heavy atom. The smallest absolute Gasteiger partial charge is 0.265 e. The van der Waals surface area contributed by atoms with Crippen LogP contribution < -0.4 is 5.32 Å². The molecule has 1 aromatic rings. The number of ether oxygens (including phenoxy) is 1. The van der Waals surface area contributed by atoms with Crippen molar-refractivity contribution in [1.82, 2.24) is 14.9 Å². The first-order valence-corrected chi connectivity index (χ1v) is 9.02. The fraction of sp³-hybridized carbons (Fsp3) is 0.812. The highest BCUT2D eigenvalue weighted by molar-refractivity contribution is 7.07. The van der Waals surface area contributed by atoms with Crippen LogP contribution in [0.25, 0.3) is 0 Å². The fourth-order valence-corrected chi connectivity index (χ4v) is 5.99. The lowest BCUT2D eigenvalue weighted by Crippen LogP contribution is -2.63. The van der Waals surface area contributed by atoms with E-state index in [1.807, 2.05) is 14.0 Å². The topological polar surface area (TPSA) is 64.1 Å². The van der Waals surface area contributed by atoms with E-state index in [4.69, 9.17) is 4.74 Å². The zero-order chi connectivity index (χ0) is 15.3. The number of hydrogen-bond acceptors (Lipinski definition) is 5. The molecule has 0 unspecified atom stereocenters. The minimum absolute atomic E-state index is 0.0577. The summed E-state index contributed by atoms with van der Waals surface area (Å²) in [5, 5.41) is 7.03. The van der Waals surface area contributed by atoms with Gasteiger partial charge in [0.2, 0.25) is 0 Å². The third-order valence-electron chi connectivity index (χ3n) is 6.28. The van der Waals surface area contributed by atoms with Gasteiger partial charge in [0.25, 0.3) is 5.91 Å². The van der Waals surface area contributed by atoms with Gasteiger partial charge >= 0.3 is 0 Å². The van der Waals surface area contributed by atoms with Crippen molar-refractivity contribution in [1.29, 1.82) is 0 Å². The van der Waals surface area contributed by atoms with Crippen LogP contribution in [0.1, 0.15) is 47.5 Å². The Balaban J connectivity index is 1.51. The number of nitrogens with one attached hydrogen (secondary N) is 1. The predicted molar refractivity (Wildman–Crippen MR) is 83.8 cm³/mol. The number of aryl methyl sites for hydroxylation is 1. The minimum atomic E-state index is -0.158. The van der Waals surface area contributed by atoms with E-state index in [1.165, 1.54) is 43.6 Å². The Labute approximate surface area is 135 Å². The first-order valence-electron chi connectivity index (χ1n) is 8.24. The molecule has 5 rings (SSSR count). The highest BCUT2D eigenvalue weighted by Crippen LogP contribution is 2.59. The molecule has 1 amide bonds. The monoisotopic (exact) mass is 321 g/mol. The number of methoxy groups -OCH3 is 1. The summed E-state index contributed by atoms with van der Waals surface area (Å²) in [7, 11) is 1.83. The molecule has 0 radical (unpaired) electrons. The van der Waals surface area contributed by atoms with Gasteiger partial charge in [-0.05, 0) is 74.2 Å². The van der Waals surface area contributed by atoms with Crippen LogP contribution in [-0.2, 0) is 4.74 Å². The maximum atomic E-state index is 12.4. The van der Waals surface area contributed by atoms with Gasteiger partial charge in [0.05, 0.1) is 11.3 Å². The van der Waals surface area contributed by atoms with Crippen LogP contribution in [0.3, 0.4) is 0 Å². The molecule has 0 atom stereocenters. The van der Waals surface area contributed by atoms with Gasteiger partial charge in [-0.1, -0.05) is 4.49 Å². The summed E-state index contributed by atoms with van der Waals surface area (Å²) in [5.74, 6) is 2.95. The van der Waals surface area contributed by atoms with E-state index in [1.54, 1.807) is 0 Å². The van der Waals surface area contributed by atoms with E-state index in [0.29, 0.717) is 29.0 Å². The molecule has 1 heterocycles. The number of carbonyl (C=O) groups excluding carboxylic acids is 1. The molecule has 0 aromatic carbocycles. The Kier molecular flexibility index (Phi) is 3.49. The van der Waals surface area contributed by atoms with E-state index < -0.39 is 0 Å². The van der Waals surface area contributed by atoms with Crippen molar-refractivity contribution < 1.29 is 9.53 Å². The Morgan fingerprint density at radius 1 is 1.27 bits per heavy atom. The molecule has 0 spiro atoms. The van der Waals surface area contributed by atoms with Gasteiger partial charge in [0.1, 0.15) is 4.88 Å². The lowest BCUT2D eigenvalue weighted by atomic mass is 9.49. The molecule has 4 aliphatic carbocycles. The molecule has 5 nitrogen and oxygen atoms in total. The number of hydrogen-bond donors (Lipinski definition) is 1. The van der Waals surface area contributed by atoms with Crippen molar-refractivity contribution >= 4 is 17.4 Å². The molecule has 0 aliphatic heterocycles. The molecule has 4 fully saturated rings. The average Bonchev–Trinajstić information content (AvgIpc) is 2.92. The van der Waals surface area contributed by atoms with Crippen molar-refractivity contribution in [2.45, 2.75) is 44.6 Å². The second-order valence-corrected chi connectivity index (χ2v) is 8.09. The van der Waals surface area contributed by atoms with Gasteiger partial charge in [0.15, 0.2) is 0 Å². The number of amides is 1. The Bertz CT molecular complexity index is 558. The molecule has 1 N–H and O–H groups in total. The van der Waals surface area contributed by atoms with Crippen molar-refractivity contribution in [2.24, 2.45) is 23.7 Å². The average molecular weight is 321 g/mol. The highest BCUT2D eigenvalue weighted by Gasteiger charge is 2.57. The highest BCUT2D eigenvalue weighted by atomic mass is 32.1. The summed E-state index contributed by atoms with van der Waals surface area (Å²) in [4.78, 5) is 13.0. The van der Waals surface area contributed by atoms with Crippen molar-refractivity contribution in [3.63, 3.8) is 0 Å². The summed E-state index contributed by atoms with van der Waals surface area (Å²) >= 11 is 1.17. The van der Waals surface area contributed by atoms with Crippen LogP contribution in [0, 0.1) is 30.6 Å². The van der Waals surface area contributed by atoms with E-state index in [9.17, 15) is 4.79 Å². The first kappa shape index (κ1) is 14.6. The van der Waals surface area contributed by atoms with Gasteiger partial charge in [-0.3, -0.25) is 4.79 Å². The third-order valence-corrected chi connectivity index (χ3v) is 7.11. The molecule has 4 saturated carbocycles. The van der Waals surface area contributed by atoms with E-state index in [2.05, 4.69) is 14.9 Å². The van der Waals surface area contributed by atoms with E-state index >= 15 is 0 Å². The Morgan fingerprint density at radius 2 is 1.91 bits per heavy atom.